The Morgan fingerprint density at radius 2 is 1.63 bits per heavy atom. The Labute approximate surface area is 154 Å². The first-order valence-corrected chi connectivity index (χ1v) is 8.30. The molecule has 0 amide bonds. The van der Waals surface area contributed by atoms with Crippen molar-refractivity contribution >= 4 is 0 Å². The van der Waals surface area contributed by atoms with Crippen LogP contribution in [0.5, 0.6) is 0 Å². The van der Waals surface area contributed by atoms with Gasteiger partial charge < -0.3 is 10.3 Å². The fourth-order valence-electron chi connectivity index (χ4n) is 2.46. The minimum Gasteiger partial charge on any atom is -0.362 e. The number of alkyl halides is 5. The molecule has 8 heteroatoms. The zero-order valence-corrected chi connectivity index (χ0v) is 15.5. The van der Waals surface area contributed by atoms with E-state index in [-0.39, 0.29) is 28.7 Å². The second-order valence-electron chi connectivity index (χ2n) is 6.64. The molecule has 1 aliphatic heterocycles. The van der Waals surface area contributed by atoms with Crippen molar-refractivity contribution in [2.45, 2.75) is 46.2 Å². The third-order valence-corrected chi connectivity index (χ3v) is 3.82. The normalized spacial score (nSPS) is 14.6. The van der Waals surface area contributed by atoms with Crippen LogP contribution in [-0.4, -0.2) is 11.2 Å². The van der Waals surface area contributed by atoms with Crippen LogP contribution in [0.4, 0.5) is 22.0 Å². The maximum atomic E-state index is 12.5. The molecule has 0 bridgehead atoms. The minimum atomic E-state index is -4.30. The maximum absolute atomic E-state index is 12.5. The molecule has 3 nitrogen and oxygen atoms in total. The van der Waals surface area contributed by atoms with Crippen molar-refractivity contribution in [2.75, 3.05) is 0 Å². The largest absolute Gasteiger partial charge is 0.416 e. The molecule has 0 aromatic carbocycles. The molecule has 0 unspecified atom stereocenters. The number of rotatable bonds is 3. The lowest BCUT2D eigenvalue weighted by Crippen LogP contribution is -2.22. The Balaban J connectivity index is 0.000000271. The summed E-state index contributed by atoms with van der Waals surface area (Å²) < 4.78 is 62.5. The summed E-state index contributed by atoms with van der Waals surface area (Å²) in [7, 11) is 0. The summed E-state index contributed by atoms with van der Waals surface area (Å²) in [4.78, 5) is 13.2. The van der Waals surface area contributed by atoms with Crippen molar-refractivity contribution in [2.24, 2.45) is 5.92 Å². The van der Waals surface area contributed by atoms with Crippen LogP contribution in [0.15, 0.2) is 52.8 Å². The summed E-state index contributed by atoms with van der Waals surface area (Å²) in [5.41, 5.74) is -0.226. The summed E-state index contributed by atoms with van der Waals surface area (Å²) in [5.74, 6) is -0.177. The Kier molecular flexibility index (Phi) is 7.56. The van der Waals surface area contributed by atoms with Crippen molar-refractivity contribution in [3.05, 3.63) is 69.4 Å². The second kappa shape index (κ2) is 9.01. The highest BCUT2D eigenvalue weighted by molar-refractivity contribution is 5.44. The van der Waals surface area contributed by atoms with Crippen molar-refractivity contribution < 1.29 is 22.0 Å². The Hall–Kier alpha value is -2.38. The first kappa shape index (κ1) is 22.7. The molecular formula is C19H23F5N2O. The summed E-state index contributed by atoms with van der Waals surface area (Å²) in [6, 6.07) is 0.958. The molecule has 150 valence electrons. The van der Waals surface area contributed by atoms with Gasteiger partial charge in [-0.2, -0.15) is 13.2 Å². The molecule has 0 atom stereocenters. The molecule has 1 aliphatic rings. The number of hydrogen-bond acceptors (Lipinski definition) is 2. The molecule has 0 fully saturated rings. The molecule has 2 N–H and O–H groups in total. The predicted octanol–water partition coefficient (Wildman–Crippen LogP) is 5.57. The smallest absolute Gasteiger partial charge is 0.362 e. The Morgan fingerprint density at radius 1 is 1.04 bits per heavy atom. The monoisotopic (exact) mass is 390 g/mol. The van der Waals surface area contributed by atoms with Crippen LogP contribution in [0.2, 0.25) is 0 Å². The molecule has 1 aromatic rings. The zero-order valence-electron chi connectivity index (χ0n) is 15.5. The van der Waals surface area contributed by atoms with E-state index in [4.69, 9.17) is 0 Å². The van der Waals surface area contributed by atoms with Gasteiger partial charge in [0.25, 0.3) is 6.43 Å². The Morgan fingerprint density at radius 3 is 2.07 bits per heavy atom. The van der Waals surface area contributed by atoms with Gasteiger partial charge >= 0.3 is 6.18 Å². The highest BCUT2D eigenvalue weighted by atomic mass is 19.4. The second-order valence-corrected chi connectivity index (χ2v) is 6.64. The quantitative estimate of drug-likeness (QED) is 0.663. The van der Waals surface area contributed by atoms with Crippen LogP contribution in [-0.2, 0) is 0 Å². The number of pyridine rings is 1. The molecular weight excluding hydrogens is 367 g/mol. The molecule has 0 radical (unpaired) electrons. The fraction of sp³-hybridized carbons (Fsp3) is 0.421. The van der Waals surface area contributed by atoms with E-state index in [1.165, 1.54) is 12.4 Å². The fourth-order valence-corrected chi connectivity index (χ4v) is 2.46. The van der Waals surface area contributed by atoms with Gasteiger partial charge in [0, 0.05) is 29.7 Å². The number of H-pyrrole nitrogens is 1. The van der Waals surface area contributed by atoms with E-state index in [2.05, 4.69) is 16.9 Å². The van der Waals surface area contributed by atoms with Crippen LogP contribution >= 0.6 is 0 Å². The topological polar surface area (TPSA) is 44.9 Å². The van der Waals surface area contributed by atoms with E-state index in [1.54, 1.807) is 27.7 Å². The van der Waals surface area contributed by atoms with E-state index in [0.717, 1.165) is 12.1 Å². The molecule has 0 spiro atoms. The van der Waals surface area contributed by atoms with Crippen LogP contribution < -0.4 is 10.9 Å². The van der Waals surface area contributed by atoms with Gasteiger partial charge in [-0.05, 0) is 29.0 Å². The van der Waals surface area contributed by atoms with Crippen LogP contribution in [0.25, 0.3) is 0 Å². The lowest BCUT2D eigenvalue weighted by Gasteiger charge is -2.22. The van der Waals surface area contributed by atoms with Gasteiger partial charge in [-0.1, -0.05) is 34.3 Å². The SMILES string of the molecule is C=C1C=C(C(F)(F)F)C(C(C)C)=CN1.CC(C)c1c[nH]c(=O)cc1C(F)F. The summed E-state index contributed by atoms with van der Waals surface area (Å²) in [6.45, 7) is 10.5. The van der Waals surface area contributed by atoms with E-state index < -0.39 is 23.7 Å². The number of aromatic amines is 1. The molecule has 2 rings (SSSR count). The van der Waals surface area contributed by atoms with Crippen molar-refractivity contribution in [1.82, 2.24) is 10.3 Å². The average Bonchev–Trinajstić information content (AvgIpc) is 2.53. The molecule has 0 saturated heterocycles. The molecule has 2 heterocycles. The van der Waals surface area contributed by atoms with E-state index in [1.807, 2.05) is 0 Å². The lowest BCUT2D eigenvalue weighted by atomic mass is 9.93. The third kappa shape index (κ3) is 6.37. The summed E-state index contributed by atoms with van der Waals surface area (Å²) in [6.07, 6.45) is -3.12. The number of hydrogen-bond donors (Lipinski definition) is 2. The molecule has 0 aliphatic carbocycles. The summed E-state index contributed by atoms with van der Waals surface area (Å²) in [5, 5.41) is 2.68. The molecule has 0 saturated carbocycles. The van der Waals surface area contributed by atoms with Crippen molar-refractivity contribution in [3.8, 4) is 0 Å². The number of allylic oxidation sites excluding steroid dienone is 3. The van der Waals surface area contributed by atoms with Gasteiger partial charge in [-0.15, -0.1) is 0 Å². The number of nitrogens with one attached hydrogen (secondary N) is 2. The number of dihydropyridines is 1. The third-order valence-electron chi connectivity index (χ3n) is 3.82. The highest BCUT2D eigenvalue weighted by Gasteiger charge is 2.37. The average molecular weight is 390 g/mol. The van der Waals surface area contributed by atoms with Gasteiger partial charge in [0.1, 0.15) is 0 Å². The first-order valence-electron chi connectivity index (χ1n) is 8.30. The summed E-state index contributed by atoms with van der Waals surface area (Å²) >= 11 is 0. The number of halogens is 5. The van der Waals surface area contributed by atoms with Crippen molar-refractivity contribution in [3.63, 3.8) is 0 Å². The van der Waals surface area contributed by atoms with Gasteiger partial charge in [-0.25, -0.2) is 8.78 Å². The van der Waals surface area contributed by atoms with Gasteiger partial charge in [0.2, 0.25) is 5.56 Å². The van der Waals surface area contributed by atoms with Gasteiger partial charge in [0.05, 0.1) is 5.57 Å². The molecule has 27 heavy (non-hydrogen) atoms. The van der Waals surface area contributed by atoms with Crippen LogP contribution in [0, 0.1) is 5.92 Å². The lowest BCUT2D eigenvalue weighted by molar-refractivity contribution is -0.0902. The standard InChI is InChI=1S/C10H12F3N.C9H11F2NO/c1-6(2)8-5-14-7(3)4-9(8)10(11,12)13;1-5(2)7-4-12-8(13)3-6(7)9(10)11/h4-6,14H,3H2,1-2H3;3-5,9H,1-2H3,(H,12,13). The first-order chi connectivity index (χ1) is 12.3. The van der Waals surface area contributed by atoms with Gasteiger partial charge in [0.15, 0.2) is 0 Å². The predicted molar refractivity (Wildman–Crippen MR) is 95.4 cm³/mol. The van der Waals surface area contributed by atoms with Crippen LogP contribution in [0.3, 0.4) is 0 Å². The van der Waals surface area contributed by atoms with Crippen LogP contribution in [0.1, 0.15) is 51.2 Å². The van der Waals surface area contributed by atoms with E-state index in [0.29, 0.717) is 5.56 Å². The molecule has 1 aromatic heterocycles. The van der Waals surface area contributed by atoms with E-state index >= 15 is 0 Å². The Bertz CT molecular complexity index is 786. The van der Waals surface area contributed by atoms with E-state index in [9.17, 15) is 26.7 Å². The highest BCUT2D eigenvalue weighted by Crippen LogP contribution is 2.36. The zero-order chi connectivity index (χ0) is 20.9. The number of aromatic nitrogens is 1. The minimum absolute atomic E-state index is 0.0131. The maximum Gasteiger partial charge on any atom is 0.416 e. The van der Waals surface area contributed by atoms with Crippen molar-refractivity contribution in [1.29, 1.82) is 0 Å². The van der Waals surface area contributed by atoms with Gasteiger partial charge in [-0.3, -0.25) is 4.79 Å².